The Kier molecular flexibility index (Phi) is 3.70. The van der Waals surface area contributed by atoms with Gasteiger partial charge in [-0.05, 0) is 24.8 Å². The summed E-state index contributed by atoms with van der Waals surface area (Å²) in [6.45, 7) is 3.89. The largest absolute Gasteiger partial charge is 0.383 e. The van der Waals surface area contributed by atoms with Crippen molar-refractivity contribution in [1.82, 2.24) is 15.3 Å². The molecule has 3 heterocycles. The van der Waals surface area contributed by atoms with Gasteiger partial charge in [0.2, 0.25) is 5.95 Å². The van der Waals surface area contributed by atoms with E-state index in [1.54, 1.807) is 11.3 Å². The molecule has 3 N–H and O–H groups in total. The van der Waals surface area contributed by atoms with Crippen molar-refractivity contribution in [3.8, 4) is 0 Å². The van der Waals surface area contributed by atoms with E-state index in [2.05, 4.69) is 15.2 Å². The fourth-order valence-electron chi connectivity index (χ4n) is 3.02. The lowest BCUT2D eigenvalue weighted by Crippen LogP contribution is -2.44. The van der Waals surface area contributed by atoms with Crippen LogP contribution in [0.3, 0.4) is 0 Å². The zero-order chi connectivity index (χ0) is 12.8. The van der Waals surface area contributed by atoms with Gasteiger partial charge in [-0.25, -0.2) is 4.98 Å². The van der Waals surface area contributed by atoms with E-state index in [1.807, 2.05) is 0 Å². The summed E-state index contributed by atoms with van der Waals surface area (Å²) in [7, 11) is 0. The van der Waals surface area contributed by atoms with Crippen LogP contribution in [-0.2, 0) is 12.8 Å². The third-order valence-corrected chi connectivity index (χ3v) is 5.17. The van der Waals surface area contributed by atoms with Crippen molar-refractivity contribution in [2.45, 2.75) is 19.3 Å². The van der Waals surface area contributed by atoms with E-state index in [-0.39, 0.29) is 12.4 Å². The Morgan fingerprint density at radius 1 is 1.15 bits per heavy atom. The number of nitrogens with one attached hydrogen (secondary N) is 1. The highest BCUT2D eigenvalue weighted by Crippen LogP contribution is 2.39. The lowest BCUT2D eigenvalue weighted by Gasteiger charge is -2.27. The Labute approximate surface area is 128 Å². The Hall–Kier alpha value is -1.11. The second kappa shape index (κ2) is 5.35. The van der Waals surface area contributed by atoms with Crippen LogP contribution in [0.4, 0.5) is 11.8 Å². The van der Waals surface area contributed by atoms with Crippen LogP contribution < -0.4 is 16.0 Å². The van der Waals surface area contributed by atoms with Crippen molar-refractivity contribution in [2.75, 3.05) is 36.8 Å². The number of piperazine rings is 1. The third-order valence-electron chi connectivity index (χ3n) is 3.98. The van der Waals surface area contributed by atoms with Crippen molar-refractivity contribution < 1.29 is 0 Å². The van der Waals surface area contributed by atoms with Crippen LogP contribution in [-0.4, -0.2) is 36.1 Å². The lowest BCUT2D eigenvalue weighted by molar-refractivity contribution is 0.581. The summed E-state index contributed by atoms with van der Waals surface area (Å²) in [4.78, 5) is 14.1. The molecular formula is C13H18ClN5S. The van der Waals surface area contributed by atoms with E-state index in [0.29, 0.717) is 5.82 Å². The summed E-state index contributed by atoms with van der Waals surface area (Å²) in [5, 5.41) is 4.46. The summed E-state index contributed by atoms with van der Waals surface area (Å²) in [5.41, 5.74) is 7.60. The summed E-state index contributed by atoms with van der Waals surface area (Å²) in [5.74, 6) is 1.46. The van der Waals surface area contributed by atoms with E-state index in [9.17, 15) is 0 Å². The number of rotatable bonds is 1. The zero-order valence-electron chi connectivity index (χ0n) is 11.2. The molecule has 0 saturated carbocycles. The Morgan fingerprint density at radius 2 is 1.95 bits per heavy atom. The Balaban J connectivity index is 0.00000121. The van der Waals surface area contributed by atoms with Crippen LogP contribution in [0.5, 0.6) is 0 Å². The molecule has 108 valence electrons. The van der Waals surface area contributed by atoms with Gasteiger partial charge < -0.3 is 16.0 Å². The SMILES string of the molecule is Cl.Nc1nc(N2CCNCC2)nc2sc3c(c12)CCC3. The number of fused-ring (bicyclic) bond motifs is 3. The molecule has 1 aliphatic carbocycles. The van der Waals surface area contributed by atoms with Gasteiger partial charge in [0, 0.05) is 31.1 Å². The number of nitrogens with two attached hydrogens (primary N) is 1. The number of anilines is 2. The van der Waals surface area contributed by atoms with Crippen LogP contribution >= 0.6 is 23.7 Å². The smallest absolute Gasteiger partial charge is 0.228 e. The Morgan fingerprint density at radius 3 is 2.75 bits per heavy atom. The van der Waals surface area contributed by atoms with E-state index >= 15 is 0 Å². The van der Waals surface area contributed by atoms with Crippen LogP contribution in [0.15, 0.2) is 0 Å². The van der Waals surface area contributed by atoms with Crippen LogP contribution in [0.1, 0.15) is 16.9 Å². The number of aromatic nitrogens is 2. The van der Waals surface area contributed by atoms with Crippen LogP contribution in [0.25, 0.3) is 10.2 Å². The maximum atomic E-state index is 6.19. The Bertz CT molecular complexity index is 635. The standard InChI is InChI=1S/C13H17N5S.ClH/c14-11-10-8-2-1-3-9(8)19-12(10)17-13(16-11)18-6-4-15-5-7-18;/h15H,1-7H2,(H2,14,16,17);1H. The van der Waals surface area contributed by atoms with Crippen LogP contribution in [0, 0.1) is 0 Å². The quantitative estimate of drug-likeness (QED) is 0.837. The first-order chi connectivity index (χ1) is 9.33. The highest BCUT2D eigenvalue weighted by Gasteiger charge is 2.23. The molecule has 2 aliphatic rings. The van der Waals surface area contributed by atoms with Gasteiger partial charge >= 0.3 is 0 Å². The molecule has 7 heteroatoms. The van der Waals surface area contributed by atoms with Gasteiger partial charge in [0.25, 0.3) is 0 Å². The fraction of sp³-hybridized carbons (Fsp3) is 0.538. The van der Waals surface area contributed by atoms with Crippen molar-refractivity contribution in [3.63, 3.8) is 0 Å². The minimum absolute atomic E-state index is 0. The third kappa shape index (κ3) is 2.12. The molecule has 0 atom stereocenters. The molecule has 0 spiro atoms. The number of halogens is 1. The molecule has 5 nitrogen and oxygen atoms in total. The number of hydrogen-bond acceptors (Lipinski definition) is 6. The molecule has 2 aromatic heterocycles. The molecule has 0 aromatic carbocycles. The maximum Gasteiger partial charge on any atom is 0.228 e. The molecule has 1 saturated heterocycles. The first kappa shape index (κ1) is 13.9. The molecular weight excluding hydrogens is 294 g/mol. The average molecular weight is 312 g/mol. The van der Waals surface area contributed by atoms with Gasteiger partial charge in [0.15, 0.2) is 0 Å². The van der Waals surface area contributed by atoms with E-state index < -0.39 is 0 Å². The van der Waals surface area contributed by atoms with Crippen molar-refractivity contribution >= 4 is 45.7 Å². The molecule has 0 amide bonds. The summed E-state index contributed by atoms with van der Waals surface area (Å²) in [6, 6.07) is 0. The topological polar surface area (TPSA) is 67.1 Å². The van der Waals surface area contributed by atoms with Gasteiger partial charge in [-0.15, -0.1) is 23.7 Å². The monoisotopic (exact) mass is 311 g/mol. The molecule has 4 rings (SSSR count). The fourth-order valence-corrected chi connectivity index (χ4v) is 4.28. The molecule has 0 radical (unpaired) electrons. The first-order valence-electron chi connectivity index (χ1n) is 6.86. The predicted molar refractivity (Wildman–Crippen MR) is 86.2 cm³/mol. The minimum atomic E-state index is 0. The predicted octanol–water partition coefficient (Wildman–Crippen LogP) is 1.59. The number of hydrogen-bond donors (Lipinski definition) is 2. The number of aryl methyl sites for hydroxylation is 2. The van der Waals surface area contributed by atoms with E-state index in [4.69, 9.17) is 10.7 Å². The highest BCUT2D eigenvalue weighted by atomic mass is 35.5. The normalized spacial score (nSPS) is 18.1. The number of nitrogen functional groups attached to an aromatic ring is 1. The van der Waals surface area contributed by atoms with E-state index in [0.717, 1.165) is 48.8 Å². The van der Waals surface area contributed by atoms with Gasteiger partial charge in [0.1, 0.15) is 10.6 Å². The summed E-state index contributed by atoms with van der Waals surface area (Å²) < 4.78 is 0. The van der Waals surface area contributed by atoms with E-state index in [1.165, 1.54) is 23.3 Å². The zero-order valence-corrected chi connectivity index (χ0v) is 12.8. The molecule has 0 bridgehead atoms. The molecule has 1 aliphatic heterocycles. The number of nitrogens with zero attached hydrogens (tertiary/aromatic N) is 3. The van der Waals surface area contributed by atoms with Gasteiger partial charge in [-0.3, -0.25) is 0 Å². The van der Waals surface area contributed by atoms with Gasteiger partial charge in [-0.2, -0.15) is 4.98 Å². The average Bonchev–Trinajstić information content (AvgIpc) is 2.99. The van der Waals surface area contributed by atoms with Crippen molar-refractivity contribution in [3.05, 3.63) is 10.4 Å². The summed E-state index contributed by atoms with van der Waals surface area (Å²) >= 11 is 1.81. The second-order valence-electron chi connectivity index (χ2n) is 5.18. The lowest BCUT2D eigenvalue weighted by atomic mass is 10.2. The van der Waals surface area contributed by atoms with Gasteiger partial charge in [0.05, 0.1) is 5.39 Å². The molecule has 0 unspecified atom stereocenters. The van der Waals surface area contributed by atoms with Crippen molar-refractivity contribution in [1.29, 1.82) is 0 Å². The first-order valence-corrected chi connectivity index (χ1v) is 7.68. The molecule has 20 heavy (non-hydrogen) atoms. The number of thiophene rings is 1. The van der Waals surface area contributed by atoms with Gasteiger partial charge in [-0.1, -0.05) is 0 Å². The minimum Gasteiger partial charge on any atom is -0.383 e. The molecule has 2 aromatic rings. The highest BCUT2D eigenvalue weighted by molar-refractivity contribution is 7.19. The maximum absolute atomic E-state index is 6.19. The van der Waals surface area contributed by atoms with Crippen LogP contribution in [0.2, 0.25) is 0 Å². The van der Waals surface area contributed by atoms with Crippen molar-refractivity contribution in [2.24, 2.45) is 0 Å². The second-order valence-corrected chi connectivity index (χ2v) is 6.27. The summed E-state index contributed by atoms with van der Waals surface area (Å²) in [6.07, 6.45) is 3.56. The molecule has 1 fully saturated rings.